The molecule has 4 aromatic rings. The second-order valence-electron chi connectivity index (χ2n) is 6.54. The minimum atomic E-state index is -0.247. The fraction of sp³-hybridized carbons (Fsp3) is 0.200. The van der Waals surface area contributed by atoms with Crippen LogP contribution in [0.4, 0.5) is 5.69 Å². The Morgan fingerprint density at radius 1 is 1.21 bits per heavy atom. The van der Waals surface area contributed by atoms with E-state index in [0.717, 1.165) is 11.3 Å². The molecule has 142 valence electrons. The van der Waals surface area contributed by atoms with Gasteiger partial charge < -0.3 is 9.84 Å². The normalized spacial score (nSPS) is 11.1. The van der Waals surface area contributed by atoms with Crippen LogP contribution >= 0.6 is 11.3 Å². The average molecular weight is 394 g/mol. The van der Waals surface area contributed by atoms with Gasteiger partial charge in [-0.25, -0.2) is 4.98 Å². The van der Waals surface area contributed by atoms with Crippen molar-refractivity contribution in [2.24, 2.45) is 0 Å². The summed E-state index contributed by atoms with van der Waals surface area (Å²) in [6.45, 7) is 5.75. The van der Waals surface area contributed by atoms with E-state index in [1.807, 2.05) is 44.2 Å². The summed E-state index contributed by atoms with van der Waals surface area (Å²) in [5.41, 5.74) is 2.76. The molecule has 3 aromatic heterocycles. The van der Waals surface area contributed by atoms with Crippen LogP contribution in [0.5, 0.6) is 0 Å². The first kappa shape index (κ1) is 18.1. The maximum Gasteiger partial charge on any atom is 0.266 e. The van der Waals surface area contributed by atoms with Crippen LogP contribution in [-0.4, -0.2) is 20.6 Å². The Labute approximate surface area is 164 Å². The molecule has 0 aliphatic rings. The lowest BCUT2D eigenvalue weighted by Gasteiger charge is -2.05. The second-order valence-corrected chi connectivity index (χ2v) is 7.54. The van der Waals surface area contributed by atoms with Crippen LogP contribution in [0.1, 0.15) is 32.3 Å². The zero-order chi connectivity index (χ0) is 19.8. The van der Waals surface area contributed by atoms with Crippen LogP contribution < -0.4 is 10.9 Å². The van der Waals surface area contributed by atoms with Crippen molar-refractivity contribution in [2.75, 3.05) is 5.32 Å². The quantitative estimate of drug-likeness (QED) is 0.570. The van der Waals surface area contributed by atoms with E-state index in [1.54, 1.807) is 6.92 Å². The van der Waals surface area contributed by atoms with Gasteiger partial charge in [-0.1, -0.05) is 23.4 Å². The zero-order valence-corrected chi connectivity index (χ0v) is 16.5. The maximum atomic E-state index is 13.0. The number of nitrogens with one attached hydrogen (secondary N) is 1. The smallest absolute Gasteiger partial charge is 0.266 e. The number of nitrogens with zero attached hydrogens (tertiary/aromatic N) is 3. The van der Waals surface area contributed by atoms with Crippen molar-refractivity contribution in [2.45, 2.75) is 27.3 Å². The Bertz CT molecular complexity index is 1220. The highest BCUT2D eigenvalue weighted by molar-refractivity contribution is 7.20. The highest BCUT2D eigenvalue weighted by Crippen LogP contribution is 2.28. The van der Waals surface area contributed by atoms with Gasteiger partial charge >= 0.3 is 0 Å². The monoisotopic (exact) mass is 394 g/mol. The van der Waals surface area contributed by atoms with Crippen molar-refractivity contribution < 1.29 is 9.32 Å². The number of thiophene rings is 1. The molecule has 1 aromatic carbocycles. The van der Waals surface area contributed by atoms with E-state index in [2.05, 4.69) is 15.5 Å². The summed E-state index contributed by atoms with van der Waals surface area (Å²) in [5.74, 6) is 0.429. The van der Waals surface area contributed by atoms with E-state index in [9.17, 15) is 9.59 Å². The van der Waals surface area contributed by atoms with Crippen LogP contribution in [0.3, 0.4) is 0 Å². The number of hydrogen-bond acceptors (Lipinski definition) is 6. The number of carbonyl (C=O) groups excluding carboxylic acids is 1. The third kappa shape index (κ3) is 3.11. The molecule has 0 radical (unpaired) electrons. The maximum absolute atomic E-state index is 13.0. The molecule has 0 saturated carbocycles. The molecule has 7 nitrogen and oxygen atoms in total. The molecule has 0 unspecified atom stereocenters. The molecule has 0 aliphatic carbocycles. The lowest BCUT2D eigenvalue weighted by Crippen LogP contribution is -2.21. The highest BCUT2D eigenvalue weighted by atomic mass is 32.1. The summed E-state index contributed by atoms with van der Waals surface area (Å²) >= 11 is 1.22. The fourth-order valence-electron chi connectivity index (χ4n) is 3.10. The van der Waals surface area contributed by atoms with Gasteiger partial charge in [-0.2, -0.15) is 0 Å². The van der Waals surface area contributed by atoms with E-state index in [1.165, 1.54) is 22.2 Å². The number of hydrogen-bond donors (Lipinski definition) is 1. The largest absolute Gasteiger partial charge is 0.361 e. The number of anilines is 1. The summed E-state index contributed by atoms with van der Waals surface area (Å²) in [6.07, 6.45) is 1.51. The number of carbonyl (C=O) groups is 1. The van der Waals surface area contributed by atoms with Crippen LogP contribution in [-0.2, 0) is 6.54 Å². The Kier molecular flexibility index (Phi) is 4.56. The predicted octanol–water partition coefficient (Wildman–Crippen LogP) is 3.67. The summed E-state index contributed by atoms with van der Waals surface area (Å²) in [6, 6.07) is 9.21. The lowest BCUT2D eigenvalue weighted by molar-refractivity contribution is 0.103. The van der Waals surface area contributed by atoms with Crippen LogP contribution in [0.2, 0.25) is 0 Å². The topological polar surface area (TPSA) is 90.0 Å². The first-order valence-electron chi connectivity index (χ1n) is 8.72. The average Bonchev–Trinajstić information content (AvgIpc) is 3.19. The molecular formula is C20H18N4O3S. The van der Waals surface area contributed by atoms with E-state index in [0.29, 0.717) is 38.6 Å². The van der Waals surface area contributed by atoms with Gasteiger partial charge in [0.1, 0.15) is 10.6 Å². The van der Waals surface area contributed by atoms with Crippen molar-refractivity contribution in [3.8, 4) is 0 Å². The Hall–Kier alpha value is -3.26. The molecule has 0 bridgehead atoms. The molecule has 3 heterocycles. The summed E-state index contributed by atoms with van der Waals surface area (Å²) in [5, 5.41) is 7.26. The molecule has 1 N–H and O–H groups in total. The first-order valence-corrected chi connectivity index (χ1v) is 9.54. The second kappa shape index (κ2) is 7.05. The number of para-hydroxylation sites is 1. The number of aryl methyl sites for hydroxylation is 3. The lowest BCUT2D eigenvalue weighted by atomic mass is 10.2. The van der Waals surface area contributed by atoms with E-state index < -0.39 is 0 Å². The number of benzene rings is 1. The molecular weight excluding hydrogens is 376 g/mol. The third-order valence-corrected chi connectivity index (χ3v) is 5.86. The number of fused-ring (bicyclic) bond motifs is 1. The van der Waals surface area contributed by atoms with Gasteiger partial charge in [-0.05, 0) is 38.5 Å². The number of amides is 1. The molecule has 0 saturated heterocycles. The Morgan fingerprint density at radius 2 is 1.96 bits per heavy atom. The van der Waals surface area contributed by atoms with Gasteiger partial charge in [-0.3, -0.25) is 14.2 Å². The third-order valence-electron chi connectivity index (χ3n) is 4.66. The molecule has 0 atom stereocenters. The van der Waals surface area contributed by atoms with E-state index in [4.69, 9.17) is 4.52 Å². The van der Waals surface area contributed by atoms with Crippen molar-refractivity contribution >= 4 is 33.1 Å². The molecule has 28 heavy (non-hydrogen) atoms. The summed E-state index contributed by atoms with van der Waals surface area (Å²) in [4.78, 5) is 31.2. The minimum absolute atomic E-state index is 0.183. The number of aromatic nitrogens is 3. The van der Waals surface area contributed by atoms with Gasteiger partial charge in [0, 0.05) is 11.3 Å². The molecule has 1 amide bonds. The Balaban J connectivity index is 1.72. The van der Waals surface area contributed by atoms with E-state index in [-0.39, 0.29) is 11.5 Å². The minimum Gasteiger partial charge on any atom is -0.361 e. The van der Waals surface area contributed by atoms with Gasteiger partial charge in [-0.15, -0.1) is 11.3 Å². The van der Waals surface area contributed by atoms with Crippen molar-refractivity contribution in [3.05, 3.63) is 74.5 Å². The van der Waals surface area contributed by atoms with E-state index >= 15 is 0 Å². The van der Waals surface area contributed by atoms with Gasteiger partial charge in [0.25, 0.3) is 11.5 Å². The molecule has 0 fully saturated rings. The molecule has 0 aliphatic heterocycles. The molecule has 8 heteroatoms. The van der Waals surface area contributed by atoms with Crippen LogP contribution in [0, 0.1) is 20.8 Å². The molecule has 4 rings (SSSR count). The van der Waals surface area contributed by atoms with Gasteiger partial charge in [0.2, 0.25) is 0 Å². The summed E-state index contributed by atoms with van der Waals surface area (Å²) < 4.78 is 6.70. The van der Waals surface area contributed by atoms with Crippen molar-refractivity contribution in [3.63, 3.8) is 0 Å². The standard InChI is InChI=1S/C20H18N4O3S/c1-11-16-19(28-17(11)18(25)22-14-7-5-4-6-8-14)21-10-24(20(16)26)9-15-12(2)23-27-13(15)3/h4-8,10H,9H2,1-3H3,(H,22,25). The Morgan fingerprint density at radius 3 is 2.64 bits per heavy atom. The molecule has 0 spiro atoms. The van der Waals surface area contributed by atoms with Crippen LogP contribution in [0.25, 0.3) is 10.2 Å². The van der Waals surface area contributed by atoms with Crippen molar-refractivity contribution in [1.29, 1.82) is 0 Å². The highest BCUT2D eigenvalue weighted by Gasteiger charge is 2.20. The fourth-order valence-corrected chi connectivity index (χ4v) is 4.13. The van der Waals surface area contributed by atoms with Crippen LogP contribution in [0.15, 0.2) is 46.0 Å². The summed E-state index contributed by atoms with van der Waals surface area (Å²) in [7, 11) is 0. The van der Waals surface area contributed by atoms with Gasteiger partial charge in [0.15, 0.2) is 0 Å². The SMILES string of the molecule is Cc1noc(C)c1Cn1cnc2sc(C(=O)Nc3ccccc3)c(C)c2c1=O. The van der Waals surface area contributed by atoms with Gasteiger partial charge in [0.05, 0.1) is 28.8 Å². The zero-order valence-electron chi connectivity index (χ0n) is 15.6. The number of rotatable bonds is 4. The first-order chi connectivity index (χ1) is 13.5. The predicted molar refractivity (Wildman–Crippen MR) is 108 cm³/mol. The van der Waals surface area contributed by atoms with Crippen molar-refractivity contribution in [1.82, 2.24) is 14.7 Å².